The molecule has 1 saturated carbocycles. The molecule has 72 valence electrons. The van der Waals surface area contributed by atoms with E-state index in [1.807, 2.05) is 6.92 Å². The summed E-state index contributed by atoms with van der Waals surface area (Å²) in [5.74, 6) is 0.998. The topological polar surface area (TPSA) is 33.0 Å². The third-order valence-electron chi connectivity index (χ3n) is 2.65. The fourth-order valence-corrected chi connectivity index (χ4v) is 1.86. The maximum Gasteiger partial charge on any atom is 0.147 e. The molecule has 13 heavy (non-hydrogen) atoms. The minimum atomic E-state index is -0.235. The van der Waals surface area contributed by atoms with E-state index in [-0.39, 0.29) is 6.10 Å². The van der Waals surface area contributed by atoms with Gasteiger partial charge in [0.15, 0.2) is 0 Å². The summed E-state index contributed by atoms with van der Waals surface area (Å²) in [4.78, 5) is 0. The number of hydrogen-bond donors (Lipinski definition) is 0. The average molecular weight is 179 g/mol. The Morgan fingerprint density at radius 3 is 3.00 bits per heavy atom. The minimum absolute atomic E-state index is 0.235. The van der Waals surface area contributed by atoms with Crippen LogP contribution in [-0.2, 0) is 4.74 Å². The summed E-state index contributed by atoms with van der Waals surface area (Å²) in [6, 6.07) is 2.22. The zero-order valence-electron chi connectivity index (χ0n) is 8.20. The van der Waals surface area contributed by atoms with Crippen LogP contribution in [-0.4, -0.2) is 12.7 Å². The summed E-state index contributed by atoms with van der Waals surface area (Å²) in [6.07, 6.45) is 5.12. The van der Waals surface area contributed by atoms with E-state index in [2.05, 4.69) is 19.4 Å². The van der Waals surface area contributed by atoms with Crippen molar-refractivity contribution in [2.24, 2.45) is 11.8 Å². The van der Waals surface area contributed by atoms with E-state index < -0.39 is 0 Å². The lowest BCUT2D eigenvalue weighted by molar-refractivity contribution is 0.0686. The molecule has 0 spiro atoms. The number of nitrogens with zero attached hydrogens (tertiary/aromatic N) is 1. The first-order valence-corrected chi connectivity index (χ1v) is 4.95. The summed E-state index contributed by atoms with van der Waals surface area (Å²) in [6.45, 7) is 6.44. The molecule has 2 nitrogen and oxygen atoms in total. The van der Waals surface area contributed by atoms with Gasteiger partial charge in [-0.15, -0.1) is 0 Å². The maximum atomic E-state index is 8.87. The van der Waals surface area contributed by atoms with Crippen molar-refractivity contribution in [3.05, 3.63) is 13.3 Å². The molecule has 0 bridgehead atoms. The van der Waals surface area contributed by atoms with Crippen molar-refractivity contribution in [1.29, 1.82) is 5.26 Å². The van der Waals surface area contributed by atoms with E-state index >= 15 is 0 Å². The van der Waals surface area contributed by atoms with Crippen LogP contribution in [0.3, 0.4) is 0 Å². The van der Waals surface area contributed by atoms with Crippen LogP contribution in [0.4, 0.5) is 0 Å². The van der Waals surface area contributed by atoms with Crippen LogP contribution in [0, 0.1) is 36.5 Å². The summed E-state index contributed by atoms with van der Waals surface area (Å²) in [7, 11) is 0. The van der Waals surface area contributed by atoms with Gasteiger partial charge in [0.1, 0.15) is 6.10 Å². The first-order chi connectivity index (χ1) is 6.31. The van der Waals surface area contributed by atoms with Gasteiger partial charge in [-0.2, -0.15) is 5.26 Å². The van der Waals surface area contributed by atoms with Gasteiger partial charge in [-0.05, 0) is 32.1 Å². The lowest BCUT2D eigenvalue weighted by Crippen LogP contribution is -2.20. The molecular weight excluding hydrogens is 162 g/mol. The molecule has 0 aromatic carbocycles. The van der Waals surface area contributed by atoms with Gasteiger partial charge < -0.3 is 4.74 Å². The predicted molar refractivity (Wildman–Crippen MR) is 51.5 cm³/mol. The largest absolute Gasteiger partial charge is 0.363 e. The Morgan fingerprint density at radius 2 is 2.54 bits per heavy atom. The van der Waals surface area contributed by atoms with Gasteiger partial charge in [-0.25, -0.2) is 0 Å². The molecule has 1 aliphatic carbocycles. The molecule has 0 heterocycles. The third kappa shape index (κ3) is 2.70. The molecule has 3 unspecified atom stereocenters. The van der Waals surface area contributed by atoms with E-state index in [0.29, 0.717) is 18.4 Å². The molecule has 0 aromatic heterocycles. The number of ether oxygens (including phenoxy) is 1. The van der Waals surface area contributed by atoms with Crippen molar-refractivity contribution in [2.75, 3.05) is 6.61 Å². The SMILES string of the molecule is [CH2]CC1C[CH]C(C(C#N)OCC)C1. The standard InChI is InChI=1S/C11H17NO/c1-3-9-5-6-10(7-9)11(8-12)13-4-2/h6,9-11H,1,3-5,7H2,2H3. The Balaban J connectivity index is 2.39. The molecule has 1 aliphatic rings. The van der Waals surface area contributed by atoms with Crippen molar-refractivity contribution < 1.29 is 4.74 Å². The molecule has 3 atom stereocenters. The van der Waals surface area contributed by atoms with E-state index in [4.69, 9.17) is 10.00 Å². The highest BCUT2D eigenvalue weighted by Crippen LogP contribution is 2.34. The van der Waals surface area contributed by atoms with Gasteiger partial charge in [0.2, 0.25) is 0 Å². The molecule has 0 N–H and O–H groups in total. The van der Waals surface area contributed by atoms with E-state index in [0.717, 1.165) is 19.3 Å². The Hall–Kier alpha value is -0.550. The monoisotopic (exact) mass is 179 g/mol. The van der Waals surface area contributed by atoms with Crippen molar-refractivity contribution in [3.8, 4) is 6.07 Å². The third-order valence-corrected chi connectivity index (χ3v) is 2.65. The fourth-order valence-electron chi connectivity index (χ4n) is 1.86. The van der Waals surface area contributed by atoms with Crippen LogP contribution in [0.25, 0.3) is 0 Å². The molecule has 0 aromatic rings. The quantitative estimate of drug-likeness (QED) is 0.663. The highest BCUT2D eigenvalue weighted by atomic mass is 16.5. The second-order valence-corrected chi connectivity index (χ2v) is 3.53. The van der Waals surface area contributed by atoms with Crippen molar-refractivity contribution in [1.82, 2.24) is 0 Å². The van der Waals surface area contributed by atoms with Crippen LogP contribution >= 0.6 is 0 Å². The van der Waals surface area contributed by atoms with Crippen molar-refractivity contribution in [2.45, 2.75) is 32.3 Å². The lowest BCUT2D eigenvalue weighted by atomic mass is 9.98. The second kappa shape index (κ2) is 5.24. The summed E-state index contributed by atoms with van der Waals surface area (Å²) >= 11 is 0. The number of nitriles is 1. The number of rotatable bonds is 4. The van der Waals surface area contributed by atoms with Gasteiger partial charge in [-0.3, -0.25) is 0 Å². The summed E-state index contributed by atoms with van der Waals surface area (Å²) in [5.41, 5.74) is 0. The smallest absolute Gasteiger partial charge is 0.147 e. The molecule has 0 amide bonds. The maximum absolute atomic E-state index is 8.87. The Kier molecular flexibility index (Phi) is 4.24. The van der Waals surface area contributed by atoms with Crippen LogP contribution in [0.2, 0.25) is 0 Å². The van der Waals surface area contributed by atoms with E-state index in [9.17, 15) is 0 Å². The average Bonchev–Trinajstić information content (AvgIpc) is 2.62. The van der Waals surface area contributed by atoms with Gasteiger partial charge in [0, 0.05) is 12.5 Å². The van der Waals surface area contributed by atoms with Crippen molar-refractivity contribution >= 4 is 0 Å². The van der Waals surface area contributed by atoms with Gasteiger partial charge in [-0.1, -0.05) is 13.3 Å². The first-order valence-electron chi connectivity index (χ1n) is 4.95. The summed E-state index contributed by atoms with van der Waals surface area (Å²) in [5, 5.41) is 8.87. The number of hydrogen-bond acceptors (Lipinski definition) is 2. The molecule has 0 saturated heterocycles. The molecule has 0 aliphatic heterocycles. The lowest BCUT2D eigenvalue weighted by Gasteiger charge is -2.16. The minimum Gasteiger partial charge on any atom is -0.363 e. The fraction of sp³-hybridized carbons (Fsp3) is 0.727. The van der Waals surface area contributed by atoms with Crippen molar-refractivity contribution in [3.63, 3.8) is 0 Å². The van der Waals surface area contributed by atoms with Gasteiger partial charge in [0.05, 0.1) is 6.07 Å². The van der Waals surface area contributed by atoms with E-state index in [1.165, 1.54) is 0 Å². The predicted octanol–water partition coefficient (Wildman–Crippen LogP) is 2.37. The Labute approximate surface area is 80.9 Å². The zero-order chi connectivity index (χ0) is 9.68. The second-order valence-electron chi connectivity index (χ2n) is 3.53. The molecule has 1 rings (SSSR count). The molecule has 2 radical (unpaired) electrons. The molecular formula is C11H17NO. The van der Waals surface area contributed by atoms with Crippen LogP contribution in [0.5, 0.6) is 0 Å². The van der Waals surface area contributed by atoms with Crippen LogP contribution in [0.15, 0.2) is 0 Å². The Morgan fingerprint density at radius 1 is 1.77 bits per heavy atom. The zero-order valence-corrected chi connectivity index (χ0v) is 8.20. The highest BCUT2D eigenvalue weighted by molar-refractivity contribution is 5.01. The van der Waals surface area contributed by atoms with Crippen LogP contribution in [0.1, 0.15) is 26.2 Å². The molecule has 1 fully saturated rings. The van der Waals surface area contributed by atoms with Gasteiger partial charge in [0.25, 0.3) is 0 Å². The summed E-state index contributed by atoms with van der Waals surface area (Å²) < 4.78 is 5.36. The molecule has 2 heteroatoms. The van der Waals surface area contributed by atoms with Crippen LogP contribution < -0.4 is 0 Å². The highest BCUT2D eigenvalue weighted by Gasteiger charge is 2.30. The normalized spacial score (nSPS) is 29.9. The Bertz CT molecular complexity index is 185. The van der Waals surface area contributed by atoms with Gasteiger partial charge >= 0.3 is 0 Å². The van der Waals surface area contributed by atoms with E-state index in [1.54, 1.807) is 0 Å². The first kappa shape index (κ1) is 10.5.